The summed E-state index contributed by atoms with van der Waals surface area (Å²) in [6.07, 6.45) is 5.04. The van der Waals surface area contributed by atoms with Crippen molar-refractivity contribution < 1.29 is 14.0 Å². The number of para-hydroxylation sites is 2. The van der Waals surface area contributed by atoms with E-state index >= 15 is 0 Å². The zero-order chi connectivity index (χ0) is 19.7. The maximum Gasteiger partial charge on any atom is 0.420 e. The van der Waals surface area contributed by atoms with Gasteiger partial charge in [-0.15, -0.1) is 0 Å². The van der Waals surface area contributed by atoms with Gasteiger partial charge in [0.25, 0.3) is 0 Å². The summed E-state index contributed by atoms with van der Waals surface area (Å²) in [5.41, 5.74) is 6.37. The van der Waals surface area contributed by atoms with Gasteiger partial charge < -0.3 is 19.6 Å². The van der Waals surface area contributed by atoms with Crippen LogP contribution >= 0.6 is 0 Å². The molecule has 1 atom stereocenters. The number of carbonyl (C=O) groups is 2. The molecular weight excluding hydrogens is 362 g/mol. The summed E-state index contributed by atoms with van der Waals surface area (Å²) in [6, 6.07) is 7.04. The third-order valence-electron chi connectivity index (χ3n) is 5.08. The van der Waals surface area contributed by atoms with Crippen LogP contribution in [0.5, 0.6) is 0 Å². The first-order valence-electron chi connectivity index (χ1n) is 9.18. The molecule has 0 unspecified atom stereocenters. The molecule has 3 heterocycles. The van der Waals surface area contributed by atoms with Crippen LogP contribution < -0.4 is 11.5 Å². The lowest BCUT2D eigenvalue weighted by Gasteiger charge is -2.32. The second-order valence-electron chi connectivity index (χ2n) is 6.98. The number of oxazole rings is 1. The Labute approximate surface area is 160 Å². The molecule has 0 aliphatic carbocycles. The van der Waals surface area contributed by atoms with Gasteiger partial charge in [-0.2, -0.15) is 0 Å². The van der Waals surface area contributed by atoms with E-state index in [2.05, 4.69) is 4.98 Å². The monoisotopic (exact) mass is 383 g/mol. The Morgan fingerprint density at radius 3 is 2.89 bits per heavy atom. The number of amides is 2. The molecule has 9 nitrogen and oxygen atoms in total. The summed E-state index contributed by atoms with van der Waals surface area (Å²) < 4.78 is 8.29. The van der Waals surface area contributed by atoms with E-state index in [1.165, 1.54) is 4.57 Å². The van der Waals surface area contributed by atoms with Gasteiger partial charge >= 0.3 is 5.76 Å². The highest BCUT2D eigenvalue weighted by atomic mass is 16.4. The molecule has 4 rings (SSSR count). The normalized spacial score (nSPS) is 17.1. The topological polar surface area (TPSA) is 116 Å². The average Bonchev–Trinajstić information content (AvgIpc) is 3.26. The van der Waals surface area contributed by atoms with Crippen LogP contribution in [0.2, 0.25) is 0 Å². The number of carbonyl (C=O) groups excluding carboxylic acids is 2. The van der Waals surface area contributed by atoms with Crippen molar-refractivity contribution >= 4 is 22.9 Å². The second-order valence-corrected chi connectivity index (χ2v) is 6.98. The number of likely N-dealkylation sites (tertiary alicyclic amines) is 1. The summed E-state index contributed by atoms with van der Waals surface area (Å²) in [7, 11) is 0. The van der Waals surface area contributed by atoms with Gasteiger partial charge in [0.15, 0.2) is 5.58 Å². The molecule has 1 fully saturated rings. The Kier molecular flexibility index (Phi) is 4.72. The van der Waals surface area contributed by atoms with E-state index in [-0.39, 0.29) is 24.9 Å². The van der Waals surface area contributed by atoms with E-state index in [4.69, 9.17) is 10.2 Å². The highest BCUT2D eigenvalue weighted by Gasteiger charge is 2.28. The highest BCUT2D eigenvalue weighted by Crippen LogP contribution is 2.26. The lowest BCUT2D eigenvalue weighted by atomic mass is 9.97. The number of benzene rings is 1. The maximum atomic E-state index is 12.9. The Bertz CT molecular complexity index is 1080. The van der Waals surface area contributed by atoms with E-state index in [1.807, 2.05) is 0 Å². The smallest absolute Gasteiger partial charge is 0.408 e. The molecule has 0 spiro atoms. The third kappa shape index (κ3) is 3.42. The molecule has 3 aromatic rings. The number of rotatable bonds is 5. The van der Waals surface area contributed by atoms with Crippen molar-refractivity contribution in [2.45, 2.75) is 31.8 Å². The number of nitrogens with zero attached hydrogens (tertiary/aromatic N) is 4. The highest BCUT2D eigenvalue weighted by molar-refractivity contribution is 5.79. The number of piperidine rings is 1. The van der Waals surface area contributed by atoms with E-state index in [9.17, 15) is 14.4 Å². The number of fused-ring (bicyclic) bond motifs is 1. The SMILES string of the molecule is NC(=O)Cn1ccnc1[C@H]1CCCN(C(=O)Cn2c(=O)oc3ccccc32)C1. The lowest BCUT2D eigenvalue weighted by Crippen LogP contribution is -2.42. The van der Waals surface area contributed by atoms with E-state index < -0.39 is 11.7 Å². The van der Waals surface area contributed by atoms with Crippen LogP contribution in [0.25, 0.3) is 11.1 Å². The summed E-state index contributed by atoms with van der Waals surface area (Å²) in [4.78, 5) is 42.4. The van der Waals surface area contributed by atoms with Crippen molar-refractivity contribution in [1.29, 1.82) is 0 Å². The van der Waals surface area contributed by atoms with Gasteiger partial charge in [0.2, 0.25) is 11.8 Å². The van der Waals surface area contributed by atoms with Crippen molar-refractivity contribution in [2.24, 2.45) is 5.73 Å². The van der Waals surface area contributed by atoms with Gasteiger partial charge in [0, 0.05) is 31.4 Å². The molecule has 2 amide bonds. The zero-order valence-electron chi connectivity index (χ0n) is 15.3. The van der Waals surface area contributed by atoms with Crippen molar-refractivity contribution in [1.82, 2.24) is 19.0 Å². The first-order chi connectivity index (χ1) is 13.5. The van der Waals surface area contributed by atoms with Crippen molar-refractivity contribution in [3.63, 3.8) is 0 Å². The molecule has 1 aliphatic heterocycles. The molecule has 1 aliphatic rings. The summed E-state index contributed by atoms with van der Waals surface area (Å²) in [5, 5.41) is 0. The Hall–Kier alpha value is -3.36. The van der Waals surface area contributed by atoms with Crippen LogP contribution in [0.15, 0.2) is 45.9 Å². The third-order valence-corrected chi connectivity index (χ3v) is 5.08. The number of aromatic nitrogens is 3. The molecule has 2 aromatic heterocycles. The van der Waals surface area contributed by atoms with Crippen molar-refractivity contribution in [2.75, 3.05) is 13.1 Å². The first kappa shape index (κ1) is 18.0. The number of primary amides is 1. The molecule has 1 saturated heterocycles. The second kappa shape index (κ2) is 7.34. The maximum absolute atomic E-state index is 12.9. The number of imidazole rings is 1. The van der Waals surface area contributed by atoms with Crippen molar-refractivity contribution in [3.8, 4) is 0 Å². The Morgan fingerprint density at radius 1 is 1.25 bits per heavy atom. The summed E-state index contributed by atoms with van der Waals surface area (Å²) in [6.45, 7) is 1.10. The number of hydrogen-bond acceptors (Lipinski definition) is 5. The molecule has 28 heavy (non-hydrogen) atoms. The van der Waals surface area contributed by atoms with Gasteiger partial charge in [-0.25, -0.2) is 9.78 Å². The molecule has 9 heteroatoms. The quantitative estimate of drug-likeness (QED) is 0.695. The predicted octanol–water partition coefficient (Wildman–Crippen LogP) is 0.682. The zero-order valence-corrected chi connectivity index (χ0v) is 15.3. The van der Waals surface area contributed by atoms with Gasteiger partial charge in [-0.05, 0) is 25.0 Å². The van der Waals surface area contributed by atoms with Crippen LogP contribution in [0.3, 0.4) is 0 Å². The molecule has 0 saturated carbocycles. The lowest BCUT2D eigenvalue weighted by molar-refractivity contribution is -0.133. The molecule has 0 radical (unpaired) electrons. The van der Waals surface area contributed by atoms with Crippen LogP contribution in [-0.4, -0.2) is 43.9 Å². The standard InChI is InChI=1S/C19H21N5O4/c20-16(25)11-23-9-7-21-18(23)13-4-3-8-22(10-13)17(26)12-24-14-5-1-2-6-15(14)28-19(24)27/h1-2,5-7,9,13H,3-4,8,10-12H2,(H2,20,25)/t13-/m0/s1. The fourth-order valence-corrected chi connectivity index (χ4v) is 3.80. The molecule has 1 aromatic carbocycles. The van der Waals surface area contributed by atoms with Crippen LogP contribution in [0.4, 0.5) is 0 Å². The fourth-order valence-electron chi connectivity index (χ4n) is 3.80. The Balaban J connectivity index is 1.51. The number of hydrogen-bond donors (Lipinski definition) is 1. The van der Waals surface area contributed by atoms with Gasteiger partial charge in [0.1, 0.15) is 18.9 Å². The van der Waals surface area contributed by atoms with Crippen molar-refractivity contribution in [3.05, 3.63) is 53.0 Å². The Morgan fingerprint density at radius 2 is 2.07 bits per heavy atom. The van der Waals surface area contributed by atoms with Crippen LogP contribution in [-0.2, 0) is 22.7 Å². The predicted molar refractivity (Wildman–Crippen MR) is 100 cm³/mol. The molecular formula is C19H21N5O4. The summed E-state index contributed by atoms with van der Waals surface area (Å²) >= 11 is 0. The van der Waals surface area contributed by atoms with Gasteiger partial charge in [0.05, 0.1) is 5.52 Å². The fraction of sp³-hybridized carbons (Fsp3) is 0.368. The first-order valence-corrected chi connectivity index (χ1v) is 9.18. The molecule has 0 bridgehead atoms. The minimum absolute atomic E-state index is 0.0184. The average molecular weight is 383 g/mol. The molecule has 2 N–H and O–H groups in total. The molecule has 146 valence electrons. The van der Waals surface area contributed by atoms with E-state index in [0.717, 1.165) is 18.7 Å². The minimum Gasteiger partial charge on any atom is -0.408 e. The van der Waals surface area contributed by atoms with Gasteiger partial charge in [-0.3, -0.25) is 14.2 Å². The summed E-state index contributed by atoms with van der Waals surface area (Å²) in [5.74, 6) is -0.354. The minimum atomic E-state index is -0.542. The van der Waals surface area contributed by atoms with Crippen LogP contribution in [0.1, 0.15) is 24.6 Å². The van der Waals surface area contributed by atoms with Crippen LogP contribution in [0, 0.1) is 0 Å². The van der Waals surface area contributed by atoms with E-state index in [1.54, 1.807) is 46.1 Å². The van der Waals surface area contributed by atoms with Gasteiger partial charge in [-0.1, -0.05) is 12.1 Å². The largest absolute Gasteiger partial charge is 0.420 e. The van der Waals surface area contributed by atoms with E-state index in [0.29, 0.717) is 24.2 Å². The number of nitrogens with two attached hydrogens (primary N) is 1.